The van der Waals surface area contributed by atoms with Crippen LogP contribution in [0.3, 0.4) is 0 Å². The summed E-state index contributed by atoms with van der Waals surface area (Å²) in [4.78, 5) is 14.3. The Morgan fingerprint density at radius 1 is 1.56 bits per heavy atom. The zero-order chi connectivity index (χ0) is 12.1. The van der Waals surface area contributed by atoms with Gasteiger partial charge in [-0.15, -0.1) is 0 Å². The molecule has 94 valence electrons. The Labute approximate surface area is 103 Å². The highest BCUT2D eigenvalue weighted by molar-refractivity contribution is 7.98. The van der Waals surface area contributed by atoms with E-state index >= 15 is 0 Å². The maximum Gasteiger partial charge on any atom is 0.227 e. The van der Waals surface area contributed by atoms with Crippen LogP contribution in [0.5, 0.6) is 0 Å². The fraction of sp³-hybridized carbons (Fsp3) is 0.917. The molecule has 0 aliphatic carbocycles. The topological polar surface area (TPSA) is 32.3 Å². The zero-order valence-electron chi connectivity index (χ0n) is 10.8. The summed E-state index contributed by atoms with van der Waals surface area (Å²) < 4.78 is 0. The van der Waals surface area contributed by atoms with E-state index in [-0.39, 0.29) is 5.92 Å². The number of carbonyl (C=O) groups excluding carboxylic acids is 1. The first-order valence-electron chi connectivity index (χ1n) is 6.08. The highest BCUT2D eigenvalue weighted by Gasteiger charge is 2.33. The molecule has 1 N–H and O–H groups in total. The molecule has 1 rings (SSSR count). The van der Waals surface area contributed by atoms with Crippen molar-refractivity contribution in [3.05, 3.63) is 0 Å². The predicted molar refractivity (Wildman–Crippen MR) is 70.8 cm³/mol. The molecule has 3 unspecified atom stereocenters. The van der Waals surface area contributed by atoms with Crippen molar-refractivity contribution in [2.75, 3.05) is 32.1 Å². The van der Waals surface area contributed by atoms with Gasteiger partial charge in [0, 0.05) is 25.4 Å². The second-order valence-electron chi connectivity index (χ2n) is 4.71. The summed E-state index contributed by atoms with van der Waals surface area (Å²) in [7, 11) is 1.96. The number of nitrogens with zero attached hydrogens (tertiary/aromatic N) is 1. The van der Waals surface area contributed by atoms with Gasteiger partial charge in [-0.2, -0.15) is 11.8 Å². The number of nitrogens with one attached hydrogen (secondary N) is 1. The van der Waals surface area contributed by atoms with Gasteiger partial charge in [-0.1, -0.05) is 13.8 Å². The Bertz CT molecular complexity index is 235. The van der Waals surface area contributed by atoms with Gasteiger partial charge >= 0.3 is 0 Å². The summed E-state index contributed by atoms with van der Waals surface area (Å²) >= 11 is 1.81. The zero-order valence-corrected chi connectivity index (χ0v) is 11.6. The van der Waals surface area contributed by atoms with E-state index in [9.17, 15) is 4.79 Å². The molecule has 0 bridgehead atoms. The van der Waals surface area contributed by atoms with Crippen molar-refractivity contribution in [2.45, 2.75) is 26.3 Å². The lowest BCUT2D eigenvalue weighted by Crippen LogP contribution is -2.43. The largest absolute Gasteiger partial charge is 0.342 e. The van der Waals surface area contributed by atoms with E-state index in [2.05, 4.69) is 25.4 Å². The lowest BCUT2D eigenvalue weighted by atomic mass is 9.96. The van der Waals surface area contributed by atoms with Crippen LogP contribution in [0, 0.1) is 11.8 Å². The van der Waals surface area contributed by atoms with Crippen molar-refractivity contribution in [2.24, 2.45) is 11.8 Å². The van der Waals surface area contributed by atoms with E-state index in [1.165, 1.54) is 0 Å². The van der Waals surface area contributed by atoms with Crippen LogP contribution in [0.25, 0.3) is 0 Å². The standard InChI is InChI=1S/C12H24N2OS/c1-5-10(8-16-4)14(3)12(15)11-7-13-6-9(11)2/h9-11,13H,5-8H2,1-4H3. The second-order valence-corrected chi connectivity index (χ2v) is 5.62. The van der Waals surface area contributed by atoms with E-state index in [1.54, 1.807) is 0 Å². The van der Waals surface area contributed by atoms with Crippen LogP contribution >= 0.6 is 11.8 Å². The van der Waals surface area contributed by atoms with Crippen LogP contribution in [0.1, 0.15) is 20.3 Å². The maximum atomic E-state index is 12.3. The van der Waals surface area contributed by atoms with Gasteiger partial charge in [0.1, 0.15) is 0 Å². The first-order chi connectivity index (χ1) is 7.61. The molecule has 1 aliphatic heterocycles. The fourth-order valence-corrected chi connectivity index (χ4v) is 3.12. The summed E-state index contributed by atoms with van der Waals surface area (Å²) in [5.41, 5.74) is 0. The summed E-state index contributed by atoms with van der Waals surface area (Å²) in [6.45, 7) is 6.14. The van der Waals surface area contributed by atoms with Gasteiger partial charge in [-0.25, -0.2) is 0 Å². The molecule has 1 saturated heterocycles. The molecule has 0 saturated carbocycles. The summed E-state index contributed by atoms with van der Waals surface area (Å²) in [5.74, 6) is 2.01. The number of carbonyl (C=O) groups is 1. The molecule has 1 aliphatic rings. The fourth-order valence-electron chi connectivity index (χ4n) is 2.28. The molecule has 1 amide bonds. The van der Waals surface area contributed by atoms with E-state index < -0.39 is 0 Å². The smallest absolute Gasteiger partial charge is 0.227 e. The van der Waals surface area contributed by atoms with Gasteiger partial charge in [0.05, 0.1) is 5.92 Å². The van der Waals surface area contributed by atoms with Crippen LogP contribution < -0.4 is 5.32 Å². The van der Waals surface area contributed by atoms with Crippen LogP contribution in [-0.4, -0.2) is 49.0 Å². The molecule has 0 aromatic heterocycles. The van der Waals surface area contributed by atoms with Crippen LogP contribution in [0.15, 0.2) is 0 Å². The molecular formula is C12H24N2OS. The van der Waals surface area contributed by atoms with Crippen molar-refractivity contribution in [1.29, 1.82) is 0 Å². The summed E-state index contributed by atoms with van der Waals surface area (Å²) in [6.07, 6.45) is 3.14. The number of hydrogen-bond acceptors (Lipinski definition) is 3. The van der Waals surface area contributed by atoms with Gasteiger partial charge in [-0.3, -0.25) is 4.79 Å². The highest BCUT2D eigenvalue weighted by Crippen LogP contribution is 2.20. The Morgan fingerprint density at radius 3 is 2.69 bits per heavy atom. The molecule has 0 radical (unpaired) electrons. The van der Waals surface area contributed by atoms with Crippen molar-refractivity contribution in [3.8, 4) is 0 Å². The summed E-state index contributed by atoms with van der Waals surface area (Å²) in [6, 6.07) is 0.385. The highest BCUT2D eigenvalue weighted by atomic mass is 32.2. The van der Waals surface area contributed by atoms with Crippen molar-refractivity contribution in [1.82, 2.24) is 10.2 Å². The Morgan fingerprint density at radius 2 is 2.25 bits per heavy atom. The molecule has 3 nitrogen and oxygen atoms in total. The molecule has 16 heavy (non-hydrogen) atoms. The third-order valence-electron chi connectivity index (χ3n) is 3.56. The minimum atomic E-state index is 0.181. The van der Waals surface area contributed by atoms with Gasteiger partial charge in [0.15, 0.2) is 0 Å². The number of amides is 1. The lowest BCUT2D eigenvalue weighted by Gasteiger charge is -2.30. The Hall–Kier alpha value is -0.220. The van der Waals surface area contributed by atoms with Gasteiger partial charge in [0.25, 0.3) is 0 Å². The number of hydrogen-bond donors (Lipinski definition) is 1. The number of thioether (sulfide) groups is 1. The molecule has 0 aromatic rings. The molecule has 3 atom stereocenters. The summed E-state index contributed by atoms with van der Waals surface area (Å²) in [5, 5.41) is 3.29. The molecule has 4 heteroatoms. The van der Waals surface area contributed by atoms with E-state index in [0.29, 0.717) is 17.9 Å². The minimum Gasteiger partial charge on any atom is -0.342 e. The lowest BCUT2D eigenvalue weighted by molar-refractivity contribution is -0.136. The van der Waals surface area contributed by atoms with Crippen molar-refractivity contribution < 1.29 is 4.79 Å². The quantitative estimate of drug-likeness (QED) is 0.794. The molecule has 1 fully saturated rings. The van der Waals surface area contributed by atoms with Crippen molar-refractivity contribution in [3.63, 3.8) is 0 Å². The molecular weight excluding hydrogens is 220 g/mol. The van der Waals surface area contributed by atoms with Gasteiger partial charge < -0.3 is 10.2 Å². The molecule has 1 heterocycles. The molecule has 0 spiro atoms. The SMILES string of the molecule is CCC(CSC)N(C)C(=O)C1CNCC1C. The first kappa shape index (κ1) is 13.8. The monoisotopic (exact) mass is 244 g/mol. The normalized spacial score (nSPS) is 26.8. The Balaban J connectivity index is 2.57. The molecule has 0 aromatic carbocycles. The first-order valence-corrected chi connectivity index (χ1v) is 7.47. The average Bonchev–Trinajstić information content (AvgIpc) is 2.70. The van der Waals surface area contributed by atoms with Gasteiger partial charge in [0.2, 0.25) is 5.91 Å². The van der Waals surface area contributed by atoms with Crippen LogP contribution in [-0.2, 0) is 4.79 Å². The predicted octanol–water partition coefficient (Wildman–Crippen LogP) is 1.44. The third-order valence-corrected chi connectivity index (χ3v) is 4.28. The second kappa shape index (κ2) is 6.50. The van der Waals surface area contributed by atoms with Crippen LogP contribution in [0.4, 0.5) is 0 Å². The maximum absolute atomic E-state index is 12.3. The van der Waals surface area contributed by atoms with Crippen molar-refractivity contribution >= 4 is 17.7 Å². The van der Waals surface area contributed by atoms with Gasteiger partial charge in [-0.05, 0) is 25.1 Å². The van der Waals surface area contributed by atoms with Crippen LogP contribution in [0.2, 0.25) is 0 Å². The third kappa shape index (κ3) is 3.14. The van der Waals surface area contributed by atoms with E-state index in [4.69, 9.17) is 0 Å². The van der Waals surface area contributed by atoms with E-state index in [1.807, 2.05) is 23.7 Å². The average molecular weight is 244 g/mol. The minimum absolute atomic E-state index is 0.181. The van der Waals surface area contributed by atoms with E-state index in [0.717, 1.165) is 25.3 Å². The Kier molecular flexibility index (Phi) is 5.62. The number of rotatable bonds is 5.